The van der Waals surface area contributed by atoms with Crippen molar-refractivity contribution in [3.05, 3.63) is 93.5 Å². The number of ether oxygens (including phenoxy) is 2. The molecule has 0 saturated carbocycles. The van der Waals surface area contributed by atoms with E-state index in [2.05, 4.69) is 5.43 Å². The fourth-order valence-electron chi connectivity index (χ4n) is 3.16. The molecule has 6 nitrogen and oxygen atoms in total. The highest BCUT2D eigenvalue weighted by molar-refractivity contribution is 6.33. The summed E-state index contributed by atoms with van der Waals surface area (Å²) in [6.07, 6.45) is 1.51. The molecule has 1 aliphatic heterocycles. The molecule has 3 aromatic rings. The SMILES string of the molecule is COc1cc(/C=C2/C(=O)NN(c3cccc(Cl)c3)C2=O)ccc1OCc1ccc(Cl)cc1. The van der Waals surface area contributed by atoms with Gasteiger partial charge < -0.3 is 9.47 Å². The Morgan fingerprint density at radius 2 is 1.72 bits per heavy atom. The summed E-state index contributed by atoms with van der Waals surface area (Å²) in [5.41, 5.74) is 4.60. The van der Waals surface area contributed by atoms with Gasteiger partial charge >= 0.3 is 0 Å². The number of hydrogen-bond acceptors (Lipinski definition) is 4. The highest BCUT2D eigenvalue weighted by atomic mass is 35.5. The first-order chi connectivity index (χ1) is 15.4. The molecule has 32 heavy (non-hydrogen) atoms. The molecule has 1 fully saturated rings. The number of hydrazine groups is 1. The van der Waals surface area contributed by atoms with Crippen molar-refractivity contribution < 1.29 is 19.1 Å². The van der Waals surface area contributed by atoms with Gasteiger partial charge in [-0.2, -0.15) is 0 Å². The molecule has 1 aliphatic rings. The fraction of sp³-hybridized carbons (Fsp3) is 0.0833. The molecule has 4 rings (SSSR count). The van der Waals surface area contributed by atoms with Gasteiger partial charge in [-0.25, -0.2) is 5.01 Å². The highest BCUT2D eigenvalue weighted by Crippen LogP contribution is 2.31. The zero-order valence-corrected chi connectivity index (χ0v) is 18.5. The second-order valence-electron chi connectivity index (χ2n) is 6.94. The number of carbonyl (C=O) groups is 2. The number of rotatable bonds is 6. The molecule has 0 bridgehead atoms. The Hall–Kier alpha value is -3.48. The second-order valence-corrected chi connectivity index (χ2v) is 7.82. The van der Waals surface area contributed by atoms with Crippen molar-refractivity contribution in [2.75, 3.05) is 12.1 Å². The van der Waals surface area contributed by atoms with E-state index in [9.17, 15) is 9.59 Å². The monoisotopic (exact) mass is 468 g/mol. The van der Waals surface area contributed by atoms with Crippen LogP contribution in [-0.2, 0) is 16.2 Å². The molecule has 162 valence electrons. The molecular formula is C24H18Cl2N2O4. The standard InChI is InChI=1S/C24H18Cl2N2O4/c1-31-22-12-16(7-10-21(22)32-14-15-5-8-17(25)9-6-15)11-20-23(29)27-28(24(20)30)19-4-2-3-18(26)13-19/h2-13H,14H2,1H3,(H,27,29)/b20-11-. The van der Waals surface area contributed by atoms with Crippen molar-refractivity contribution in [3.63, 3.8) is 0 Å². The van der Waals surface area contributed by atoms with Crippen LogP contribution in [0.3, 0.4) is 0 Å². The van der Waals surface area contributed by atoms with Gasteiger partial charge in [-0.05, 0) is 59.7 Å². The van der Waals surface area contributed by atoms with E-state index in [1.165, 1.54) is 18.2 Å². The van der Waals surface area contributed by atoms with Crippen LogP contribution in [0.1, 0.15) is 11.1 Å². The maximum absolute atomic E-state index is 12.8. The van der Waals surface area contributed by atoms with Gasteiger partial charge in [-0.1, -0.05) is 47.5 Å². The van der Waals surface area contributed by atoms with E-state index < -0.39 is 11.8 Å². The zero-order chi connectivity index (χ0) is 22.7. The average Bonchev–Trinajstić information content (AvgIpc) is 3.07. The third kappa shape index (κ3) is 4.72. The van der Waals surface area contributed by atoms with Crippen molar-refractivity contribution >= 4 is 46.8 Å². The minimum atomic E-state index is -0.503. The fourth-order valence-corrected chi connectivity index (χ4v) is 3.47. The van der Waals surface area contributed by atoms with Gasteiger partial charge in [0.1, 0.15) is 12.2 Å². The number of methoxy groups -OCH3 is 1. The van der Waals surface area contributed by atoms with Crippen LogP contribution in [-0.4, -0.2) is 18.9 Å². The van der Waals surface area contributed by atoms with Crippen molar-refractivity contribution in [3.8, 4) is 11.5 Å². The maximum Gasteiger partial charge on any atom is 0.282 e. The maximum atomic E-state index is 12.8. The van der Waals surface area contributed by atoms with Crippen LogP contribution in [0, 0.1) is 0 Å². The van der Waals surface area contributed by atoms with Crippen LogP contribution < -0.4 is 19.9 Å². The molecule has 8 heteroatoms. The second kappa shape index (κ2) is 9.34. The summed E-state index contributed by atoms with van der Waals surface area (Å²) in [6.45, 7) is 0.337. The van der Waals surface area contributed by atoms with Crippen LogP contribution in [0.2, 0.25) is 10.0 Å². The number of benzene rings is 3. The molecule has 1 N–H and O–H groups in total. The number of hydrogen-bond donors (Lipinski definition) is 1. The lowest BCUT2D eigenvalue weighted by Crippen LogP contribution is -2.35. The molecule has 0 aromatic heterocycles. The first kappa shape index (κ1) is 21.7. The van der Waals surface area contributed by atoms with Gasteiger partial charge in [0.2, 0.25) is 0 Å². The normalized spacial score (nSPS) is 14.6. The Morgan fingerprint density at radius 3 is 2.44 bits per heavy atom. The van der Waals surface area contributed by atoms with Gasteiger partial charge in [0.15, 0.2) is 11.5 Å². The third-order valence-electron chi connectivity index (χ3n) is 4.76. The Morgan fingerprint density at radius 1 is 0.938 bits per heavy atom. The number of anilines is 1. The quantitative estimate of drug-likeness (QED) is 0.406. The average molecular weight is 469 g/mol. The minimum Gasteiger partial charge on any atom is -0.493 e. The molecule has 0 atom stereocenters. The van der Waals surface area contributed by atoms with Crippen molar-refractivity contribution in [1.29, 1.82) is 0 Å². The number of halogens is 2. The summed E-state index contributed by atoms with van der Waals surface area (Å²) in [7, 11) is 1.52. The molecule has 0 spiro atoms. The lowest BCUT2D eigenvalue weighted by atomic mass is 10.1. The Balaban J connectivity index is 1.53. The van der Waals surface area contributed by atoms with Gasteiger partial charge in [-0.3, -0.25) is 15.0 Å². The van der Waals surface area contributed by atoms with Gasteiger partial charge in [0.25, 0.3) is 11.8 Å². The van der Waals surface area contributed by atoms with E-state index in [1.54, 1.807) is 54.6 Å². The first-order valence-electron chi connectivity index (χ1n) is 9.62. The Labute approximate surface area is 194 Å². The summed E-state index contributed by atoms with van der Waals surface area (Å²) in [5.74, 6) is 0.0366. The zero-order valence-electron chi connectivity index (χ0n) is 17.0. The molecule has 1 saturated heterocycles. The molecule has 1 heterocycles. The molecule has 0 aliphatic carbocycles. The predicted octanol–water partition coefficient (Wildman–Crippen LogP) is 5.04. The van der Waals surface area contributed by atoms with Crippen molar-refractivity contribution in [2.24, 2.45) is 0 Å². The minimum absolute atomic E-state index is 0.00172. The van der Waals surface area contributed by atoms with E-state index in [1.807, 2.05) is 12.1 Å². The van der Waals surface area contributed by atoms with Crippen molar-refractivity contribution in [2.45, 2.75) is 6.61 Å². The Kier molecular flexibility index (Phi) is 6.35. The first-order valence-corrected chi connectivity index (χ1v) is 10.4. The van der Waals surface area contributed by atoms with Crippen LogP contribution >= 0.6 is 23.2 Å². The summed E-state index contributed by atoms with van der Waals surface area (Å²) >= 11 is 11.9. The largest absolute Gasteiger partial charge is 0.493 e. The lowest BCUT2D eigenvalue weighted by molar-refractivity contribution is -0.117. The smallest absolute Gasteiger partial charge is 0.282 e. The summed E-state index contributed by atoms with van der Waals surface area (Å²) in [4.78, 5) is 25.2. The topological polar surface area (TPSA) is 67.9 Å². The molecular weight excluding hydrogens is 451 g/mol. The lowest BCUT2D eigenvalue weighted by Gasteiger charge is -2.14. The van der Waals surface area contributed by atoms with Crippen LogP contribution in [0.25, 0.3) is 6.08 Å². The van der Waals surface area contributed by atoms with Gasteiger partial charge in [-0.15, -0.1) is 0 Å². The number of nitrogens with one attached hydrogen (secondary N) is 1. The summed E-state index contributed by atoms with van der Waals surface area (Å²) in [5, 5.41) is 2.28. The molecule has 3 aromatic carbocycles. The number of amides is 2. The Bertz CT molecular complexity index is 1210. The van der Waals surface area contributed by atoms with E-state index in [4.69, 9.17) is 32.7 Å². The van der Waals surface area contributed by atoms with Crippen LogP contribution in [0.15, 0.2) is 72.3 Å². The predicted molar refractivity (Wildman–Crippen MR) is 124 cm³/mol. The summed E-state index contributed by atoms with van der Waals surface area (Å²) in [6, 6.07) is 19.2. The summed E-state index contributed by atoms with van der Waals surface area (Å²) < 4.78 is 11.3. The highest BCUT2D eigenvalue weighted by Gasteiger charge is 2.34. The van der Waals surface area contributed by atoms with E-state index in [-0.39, 0.29) is 5.57 Å². The van der Waals surface area contributed by atoms with E-state index in [0.717, 1.165) is 5.56 Å². The van der Waals surface area contributed by atoms with Crippen molar-refractivity contribution in [1.82, 2.24) is 5.43 Å². The molecule has 0 unspecified atom stereocenters. The van der Waals surface area contributed by atoms with Gasteiger partial charge in [0, 0.05) is 10.0 Å². The van der Waals surface area contributed by atoms with Crippen LogP contribution in [0.4, 0.5) is 5.69 Å². The number of carbonyl (C=O) groups excluding carboxylic acids is 2. The van der Waals surface area contributed by atoms with Gasteiger partial charge in [0.05, 0.1) is 12.8 Å². The molecule has 0 radical (unpaired) electrons. The molecule has 2 amide bonds. The number of nitrogens with zero attached hydrogens (tertiary/aromatic N) is 1. The third-order valence-corrected chi connectivity index (χ3v) is 5.25. The van der Waals surface area contributed by atoms with E-state index >= 15 is 0 Å². The van der Waals surface area contributed by atoms with E-state index in [0.29, 0.717) is 39.4 Å². The van der Waals surface area contributed by atoms with Crippen LogP contribution in [0.5, 0.6) is 11.5 Å².